The molecule has 0 spiro atoms. The summed E-state index contributed by atoms with van der Waals surface area (Å²) >= 11 is 0. The predicted molar refractivity (Wildman–Crippen MR) is 76.4 cm³/mol. The van der Waals surface area contributed by atoms with Crippen LogP contribution in [0.5, 0.6) is 0 Å². The molecule has 2 aromatic rings. The van der Waals surface area contributed by atoms with Crippen LogP contribution in [0.2, 0.25) is 0 Å². The van der Waals surface area contributed by atoms with E-state index in [-0.39, 0.29) is 17.9 Å². The minimum atomic E-state index is -0.705. The number of carbonyl (C=O) groups is 2. The largest absolute Gasteiger partial charge is 0.359 e. The van der Waals surface area contributed by atoms with E-state index < -0.39 is 11.9 Å². The molecule has 5 nitrogen and oxygen atoms in total. The maximum Gasteiger partial charge on any atom is 0.255 e. The number of hydrogen-bond acceptors (Lipinski definition) is 3. The highest BCUT2D eigenvalue weighted by Gasteiger charge is 2.08. The van der Waals surface area contributed by atoms with E-state index in [2.05, 4.69) is 15.6 Å². The van der Waals surface area contributed by atoms with E-state index in [4.69, 9.17) is 0 Å². The van der Waals surface area contributed by atoms with Crippen molar-refractivity contribution in [2.45, 2.75) is 6.42 Å². The third-order valence-corrected chi connectivity index (χ3v) is 2.84. The summed E-state index contributed by atoms with van der Waals surface area (Å²) in [5, 5.41) is 5.18. The van der Waals surface area contributed by atoms with Crippen molar-refractivity contribution in [1.82, 2.24) is 10.3 Å². The van der Waals surface area contributed by atoms with Gasteiger partial charge in [-0.15, -0.1) is 0 Å². The van der Waals surface area contributed by atoms with Crippen molar-refractivity contribution in [3.8, 4) is 0 Å². The number of aromatic nitrogens is 1. The Morgan fingerprint density at radius 3 is 2.52 bits per heavy atom. The van der Waals surface area contributed by atoms with Gasteiger partial charge in [0.15, 0.2) is 0 Å². The fourth-order valence-electron chi connectivity index (χ4n) is 1.73. The smallest absolute Gasteiger partial charge is 0.255 e. The van der Waals surface area contributed by atoms with Gasteiger partial charge in [0, 0.05) is 30.6 Å². The lowest BCUT2D eigenvalue weighted by molar-refractivity contribution is -0.119. The van der Waals surface area contributed by atoms with Crippen LogP contribution in [0.4, 0.5) is 10.1 Å². The number of pyridine rings is 1. The Morgan fingerprint density at radius 1 is 1.19 bits per heavy atom. The first kappa shape index (κ1) is 14.6. The Hall–Kier alpha value is -2.76. The lowest BCUT2D eigenvalue weighted by Crippen LogP contribution is -2.19. The van der Waals surface area contributed by atoms with Gasteiger partial charge in [-0.1, -0.05) is 12.1 Å². The Balaban J connectivity index is 2.03. The number of carbonyl (C=O) groups excluding carboxylic acids is 2. The van der Waals surface area contributed by atoms with Gasteiger partial charge in [-0.3, -0.25) is 9.59 Å². The average molecular weight is 287 g/mol. The molecule has 2 rings (SSSR count). The molecule has 2 N–H and O–H groups in total. The number of benzene rings is 1. The molecule has 0 aliphatic heterocycles. The Labute approximate surface area is 121 Å². The quantitative estimate of drug-likeness (QED) is 0.842. The first-order chi connectivity index (χ1) is 10.1. The molecule has 1 aromatic carbocycles. The van der Waals surface area contributed by atoms with Gasteiger partial charge in [-0.25, -0.2) is 4.98 Å². The molecule has 0 radical (unpaired) electrons. The Morgan fingerprint density at radius 2 is 1.90 bits per heavy atom. The molecule has 6 heteroatoms. The van der Waals surface area contributed by atoms with Gasteiger partial charge in [-0.2, -0.15) is 4.39 Å². The van der Waals surface area contributed by atoms with E-state index in [0.29, 0.717) is 5.69 Å². The number of anilines is 1. The highest BCUT2D eigenvalue weighted by atomic mass is 19.1. The van der Waals surface area contributed by atoms with Crippen LogP contribution in [0.3, 0.4) is 0 Å². The fourth-order valence-corrected chi connectivity index (χ4v) is 1.73. The molecule has 0 atom stereocenters. The molecule has 0 bridgehead atoms. The number of nitrogens with zero attached hydrogens (tertiary/aromatic N) is 1. The zero-order valence-electron chi connectivity index (χ0n) is 11.4. The maximum absolute atomic E-state index is 12.9. The second kappa shape index (κ2) is 6.60. The SMILES string of the molecule is CNC(=O)Cc1ccc(NC(=O)c2ccnc(F)c2)cc1. The average Bonchev–Trinajstić information content (AvgIpc) is 2.49. The molecule has 1 heterocycles. The van der Waals surface area contributed by atoms with Crippen molar-refractivity contribution < 1.29 is 14.0 Å². The van der Waals surface area contributed by atoms with E-state index in [0.717, 1.165) is 11.6 Å². The molecule has 0 unspecified atom stereocenters. The molecule has 1 aromatic heterocycles. The van der Waals surface area contributed by atoms with Gasteiger partial charge >= 0.3 is 0 Å². The molecule has 0 saturated heterocycles. The summed E-state index contributed by atoms with van der Waals surface area (Å²) in [5.74, 6) is -1.21. The van der Waals surface area contributed by atoms with Crippen molar-refractivity contribution in [2.24, 2.45) is 0 Å². The molecule has 2 amide bonds. The van der Waals surface area contributed by atoms with Crippen LogP contribution in [-0.4, -0.2) is 23.8 Å². The molecule has 0 fully saturated rings. The second-order valence-electron chi connectivity index (χ2n) is 4.37. The third kappa shape index (κ3) is 4.10. The molecule has 0 saturated carbocycles. The van der Waals surface area contributed by atoms with Crippen LogP contribution in [-0.2, 0) is 11.2 Å². The van der Waals surface area contributed by atoms with E-state index in [9.17, 15) is 14.0 Å². The van der Waals surface area contributed by atoms with E-state index in [1.165, 1.54) is 12.3 Å². The zero-order chi connectivity index (χ0) is 15.2. The van der Waals surface area contributed by atoms with Crippen molar-refractivity contribution in [3.05, 3.63) is 59.7 Å². The number of amides is 2. The predicted octanol–water partition coefficient (Wildman–Crippen LogP) is 1.76. The van der Waals surface area contributed by atoms with Gasteiger partial charge in [0.05, 0.1) is 6.42 Å². The van der Waals surface area contributed by atoms with Crippen molar-refractivity contribution in [3.63, 3.8) is 0 Å². The van der Waals surface area contributed by atoms with Crippen LogP contribution in [0.1, 0.15) is 15.9 Å². The van der Waals surface area contributed by atoms with Crippen molar-refractivity contribution in [1.29, 1.82) is 0 Å². The van der Waals surface area contributed by atoms with Gasteiger partial charge < -0.3 is 10.6 Å². The van der Waals surface area contributed by atoms with Gasteiger partial charge in [0.25, 0.3) is 5.91 Å². The summed E-state index contributed by atoms with van der Waals surface area (Å²) in [6.45, 7) is 0. The highest BCUT2D eigenvalue weighted by molar-refractivity contribution is 6.04. The number of halogens is 1. The van der Waals surface area contributed by atoms with Crippen molar-refractivity contribution in [2.75, 3.05) is 12.4 Å². The first-order valence-electron chi connectivity index (χ1n) is 6.31. The minimum absolute atomic E-state index is 0.0842. The standard InChI is InChI=1S/C15H14FN3O2/c1-17-14(20)8-10-2-4-12(5-3-10)19-15(21)11-6-7-18-13(16)9-11/h2-7,9H,8H2,1H3,(H,17,20)(H,19,21). The highest BCUT2D eigenvalue weighted by Crippen LogP contribution is 2.12. The number of likely N-dealkylation sites (N-methyl/N-ethyl adjacent to an activating group) is 1. The number of nitrogens with one attached hydrogen (secondary N) is 2. The van der Waals surface area contributed by atoms with Crippen LogP contribution in [0.15, 0.2) is 42.6 Å². The lowest BCUT2D eigenvalue weighted by Gasteiger charge is -2.06. The summed E-state index contributed by atoms with van der Waals surface area (Å²) in [6, 6.07) is 9.37. The van der Waals surface area contributed by atoms with Crippen molar-refractivity contribution >= 4 is 17.5 Å². The minimum Gasteiger partial charge on any atom is -0.359 e. The Kier molecular flexibility index (Phi) is 4.61. The normalized spacial score (nSPS) is 10.0. The molecule has 0 aliphatic rings. The van der Waals surface area contributed by atoms with E-state index in [1.54, 1.807) is 31.3 Å². The fraction of sp³-hybridized carbons (Fsp3) is 0.133. The summed E-state index contributed by atoms with van der Waals surface area (Å²) in [7, 11) is 1.57. The molecular weight excluding hydrogens is 273 g/mol. The molecule has 21 heavy (non-hydrogen) atoms. The first-order valence-corrected chi connectivity index (χ1v) is 6.31. The van der Waals surface area contributed by atoms with Gasteiger partial charge in [0.1, 0.15) is 0 Å². The zero-order valence-corrected chi connectivity index (χ0v) is 11.4. The summed E-state index contributed by atoms with van der Waals surface area (Å²) in [4.78, 5) is 26.5. The van der Waals surface area contributed by atoms with Gasteiger partial charge in [-0.05, 0) is 23.8 Å². The second-order valence-corrected chi connectivity index (χ2v) is 4.37. The monoisotopic (exact) mass is 287 g/mol. The molecular formula is C15H14FN3O2. The number of rotatable bonds is 4. The third-order valence-electron chi connectivity index (χ3n) is 2.84. The number of hydrogen-bond donors (Lipinski definition) is 2. The molecule has 0 aliphatic carbocycles. The van der Waals surface area contributed by atoms with Crippen LogP contribution in [0.25, 0.3) is 0 Å². The van der Waals surface area contributed by atoms with Gasteiger partial charge in [0.2, 0.25) is 11.9 Å². The maximum atomic E-state index is 12.9. The van der Waals surface area contributed by atoms with Crippen LogP contribution in [0, 0.1) is 5.95 Å². The topological polar surface area (TPSA) is 71.1 Å². The molecule has 108 valence electrons. The van der Waals surface area contributed by atoms with Crippen LogP contribution >= 0.6 is 0 Å². The lowest BCUT2D eigenvalue weighted by atomic mass is 10.1. The van der Waals surface area contributed by atoms with E-state index in [1.807, 2.05) is 0 Å². The van der Waals surface area contributed by atoms with Crippen LogP contribution < -0.4 is 10.6 Å². The summed E-state index contributed by atoms with van der Waals surface area (Å²) in [5.41, 5.74) is 1.59. The van der Waals surface area contributed by atoms with E-state index >= 15 is 0 Å². The summed E-state index contributed by atoms with van der Waals surface area (Å²) < 4.78 is 12.9. The Bertz CT molecular complexity index is 656. The summed E-state index contributed by atoms with van der Waals surface area (Å²) in [6.07, 6.45) is 1.51.